The molecule has 0 spiro atoms. The molecule has 2 nitrogen and oxygen atoms in total. The zero-order valence-electron chi connectivity index (χ0n) is 9.57. The molecule has 4 heteroatoms. The molecule has 0 N–H and O–H groups in total. The average Bonchev–Trinajstić information content (AvgIpc) is 2.28. The summed E-state index contributed by atoms with van der Waals surface area (Å²) in [6, 6.07) is 8.41. The van der Waals surface area contributed by atoms with Gasteiger partial charge in [0.15, 0.2) is 0 Å². The van der Waals surface area contributed by atoms with E-state index >= 15 is 0 Å². The molecule has 0 atom stereocenters. The largest absolute Gasteiger partial charge is 0.299 e. The lowest BCUT2D eigenvalue weighted by Crippen LogP contribution is -2.08. The molecular formula is C14H11F2NO. The normalized spacial score (nSPS) is 10.3. The number of Topliss-reactive ketones (excluding diaryl/α,β-unsaturated/α-hetero) is 1. The van der Waals surface area contributed by atoms with Gasteiger partial charge in [-0.15, -0.1) is 0 Å². The zero-order valence-corrected chi connectivity index (χ0v) is 9.57. The fraction of sp³-hybridized carbons (Fsp3) is 0.143. The number of ketones is 1. The molecule has 0 aliphatic carbocycles. The number of carbonyl (C=O) groups excluding carboxylic acids is 1. The molecule has 2 rings (SSSR count). The van der Waals surface area contributed by atoms with E-state index in [0.717, 1.165) is 6.07 Å². The summed E-state index contributed by atoms with van der Waals surface area (Å²) in [5.74, 6) is -1.47. The van der Waals surface area contributed by atoms with E-state index in [0.29, 0.717) is 11.3 Å². The Bertz CT molecular complexity index is 535. The number of rotatable bonds is 4. The molecule has 0 saturated carbocycles. The van der Waals surface area contributed by atoms with E-state index in [2.05, 4.69) is 4.98 Å². The van der Waals surface area contributed by atoms with Crippen LogP contribution in [-0.2, 0) is 17.6 Å². The minimum absolute atomic E-state index is 0.00521. The molecule has 0 aliphatic rings. The Balaban J connectivity index is 2.03. The van der Waals surface area contributed by atoms with Crippen molar-refractivity contribution in [1.82, 2.24) is 4.98 Å². The van der Waals surface area contributed by atoms with Crippen LogP contribution in [0.25, 0.3) is 0 Å². The van der Waals surface area contributed by atoms with Crippen molar-refractivity contribution in [2.45, 2.75) is 12.8 Å². The van der Waals surface area contributed by atoms with Gasteiger partial charge in [0.05, 0.1) is 0 Å². The Morgan fingerprint density at radius 2 is 1.78 bits per heavy atom. The minimum atomic E-state index is -0.671. The number of carbonyl (C=O) groups is 1. The van der Waals surface area contributed by atoms with Crippen molar-refractivity contribution in [3.05, 3.63) is 65.5 Å². The van der Waals surface area contributed by atoms with Crippen molar-refractivity contribution in [3.63, 3.8) is 0 Å². The molecule has 0 amide bonds. The summed E-state index contributed by atoms with van der Waals surface area (Å²) >= 11 is 0. The lowest BCUT2D eigenvalue weighted by molar-refractivity contribution is -0.117. The highest BCUT2D eigenvalue weighted by atomic mass is 19.1. The summed E-state index contributed by atoms with van der Waals surface area (Å²) < 4.78 is 25.9. The Morgan fingerprint density at radius 3 is 2.39 bits per heavy atom. The van der Waals surface area contributed by atoms with E-state index < -0.39 is 11.6 Å². The summed E-state index contributed by atoms with van der Waals surface area (Å²) in [6.45, 7) is 0. The smallest absolute Gasteiger partial charge is 0.143 e. The summed E-state index contributed by atoms with van der Waals surface area (Å²) in [5, 5.41) is 0. The van der Waals surface area contributed by atoms with E-state index in [1.807, 2.05) is 0 Å². The van der Waals surface area contributed by atoms with Crippen LogP contribution in [0.2, 0.25) is 0 Å². The van der Waals surface area contributed by atoms with Gasteiger partial charge < -0.3 is 0 Å². The fourth-order valence-corrected chi connectivity index (χ4v) is 1.71. The first-order valence-electron chi connectivity index (χ1n) is 5.50. The van der Waals surface area contributed by atoms with Crippen LogP contribution in [0.1, 0.15) is 11.3 Å². The van der Waals surface area contributed by atoms with Gasteiger partial charge in [-0.3, -0.25) is 9.78 Å². The Hall–Kier alpha value is -2.10. The first kappa shape index (κ1) is 12.4. The van der Waals surface area contributed by atoms with E-state index in [1.165, 1.54) is 12.1 Å². The quantitative estimate of drug-likeness (QED) is 0.831. The third kappa shape index (κ3) is 3.45. The Kier molecular flexibility index (Phi) is 3.77. The fourth-order valence-electron chi connectivity index (χ4n) is 1.71. The maximum Gasteiger partial charge on any atom is 0.143 e. The van der Waals surface area contributed by atoms with Crippen LogP contribution in [0.3, 0.4) is 0 Å². The lowest BCUT2D eigenvalue weighted by atomic mass is 10.1. The molecule has 0 bridgehead atoms. The predicted molar refractivity (Wildman–Crippen MR) is 63.0 cm³/mol. The van der Waals surface area contributed by atoms with Gasteiger partial charge in [0, 0.05) is 30.8 Å². The summed E-state index contributed by atoms with van der Waals surface area (Å²) in [7, 11) is 0. The van der Waals surface area contributed by atoms with Crippen LogP contribution in [0, 0.1) is 11.6 Å². The number of pyridine rings is 1. The molecule has 1 aromatic heterocycles. The Morgan fingerprint density at radius 1 is 1.06 bits per heavy atom. The maximum absolute atomic E-state index is 12.9. The number of hydrogen-bond donors (Lipinski definition) is 0. The number of halogens is 2. The highest BCUT2D eigenvalue weighted by molar-refractivity contribution is 5.82. The number of hydrogen-bond acceptors (Lipinski definition) is 2. The van der Waals surface area contributed by atoms with Crippen molar-refractivity contribution < 1.29 is 13.6 Å². The standard InChI is InChI=1S/C14H11F2NO/c15-11-5-10(6-12(16)8-11)7-14(18)9-13-3-1-2-4-17-13/h1-6,8H,7,9H2. The second-order valence-corrected chi connectivity index (χ2v) is 3.99. The summed E-state index contributed by atoms with van der Waals surface area (Å²) in [5.41, 5.74) is 0.993. The average molecular weight is 247 g/mol. The first-order chi connectivity index (χ1) is 8.63. The van der Waals surface area contributed by atoms with Gasteiger partial charge >= 0.3 is 0 Å². The molecular weight excluding hydrogens is 236 g/mol. The van der Waals surface area contributed by atoms with Crippen molar-refractivity contribution in [2.24, 2.45) is 0 Å². The van der Waals surface area contributed by atoms with E-state index in [4.69, 9.17) is 0 Å². The lowest BCUT2D eigenvalue weighted by Gasteiger charge is -2.02. The summed E-state index contributed by atoms with van der Waals surface area (Å²) in [4.78, 5) is 15.7. The molecule has 0 radical (unpaired) electrons. The van der Waals surface area contributed by atoms with Crippen molar-refractivity contribution in [2.75, 3.05) is 0 Å². The molecule has 0 saturated heterocycles. The van der Waals surface area contributed by atoms with Crippen LogP contribution < -0.4 is 0 Å². The molecule has 0 aliphatic heterocycles. The topological polar surface area (TPSA) is 30.0 Å². The highest BCUT2D eigenvalue weighted by Crippen LogP contribution is 2.10. The van der Waals surface area contributed by atoms with E-state index in [1.54, 1.807) is 24.4 Å². The zero-order chi connectivity index (χ0) is 13.0. The van der Waals surface area contributed by atoms with Gasteiger partial charge in [0.2, 0.25) is 0 Å². The predicted octanol–water partition coefficient (Wildman–Crippen LogP) is 2.71. The van der Waals surface area contributed by atoms with Crippen molar-refractivity contribution in [1.29, 1.82) is 0 Å². The molecule has 1 heterocycles. The SMILES string of the molecule is O=C(Cc1cc(F)cc(F)c1)Cc1ccccn1. The molecule has 18 heavy (non-hydrogen) atoms. The van der Waals surface area contributed by atoms with Crippen LogP contribution in [-0.4, -0.2) is 10.8 Å². The van der Waals surface area contributed by atoms with Crippen LogP contribution in [0.4, 0.5) is 8.78 Å². The Labute approximate surface area is 103 Å². The van der Waals surface area contributed by atoms with Gasteiger partial charge in [-0.1, -0.05) is 6.07 Å². The van der Waals surface area contributed by atoms with Crippen molar-refractivity contribution >= 4 is 5.78 Å². The van der Waals surface area contributed by atoms with Crippen molar-refractivity contribution in [3.8, 4) is 0 Å². The maximum atomic E-state index is 12.9. The van der Waals surface area contributed by atoms with Gasteiger partial charge in [0.1, 0.15) is 17.4 Å². The van der Waals surface area contributed by atoms with Crippen LogP contribution >= 0.6 is 0 Å². The molecule has 92 valence electrons. The molecule has 1 aromatic carbocycles. The second kappa shape index (κ2) is 5.49. The third-order valence-corrected chi connectivity index (χ3v) is 2.43. The molecule has 0 fully saturated rings. The van der Waals surface area contributed by atoms with Crippen LogP contribution in [0.15, 0.2) is 42.6 Å². The van der Waals surface area contributed by atoms with Gasteiger partial charge in [-0.2, -0.15) is 0 Å². The molecule has 0 unspecified atom stereocenters. The third-order valence-electron chi connectivity index (χ3n) is 2.43. The monoisotopic (exact) mass is 247 g/mol. The van der Waals surface area contributed by atoms with Gasteiger partial charge in [-0.05, 0) is 29.8 Å². The molecule has 2 aromatic rings. The number of aromatic nitrogens is 1. The first-order valence-corrected chi connectivity index (χ1v) is 5.50. The van der Waals surface area contributed by atoms with E-state index in [-0.39, 0.29) is 18.6 Å². The highest BCUT2D eigenvalue weighted by Gasteiger charge is 2.08. The van der Waals surface area contributed by atoms with Gasteiger partial charge in [0.25, 0.3) is 0 Å². The summed E-state index contributed by atoms with van der Waals surface area (Å²) in [6.07, 6.45) is 1.77. The van der Waals surface area contributed by atoms with Gasteiger partial charge in [-0.25, -0.2) is 8.78 Å². The second-order valence-electron chi connectivity index (χ2n) is 3.99. The van der Waals surface area contributed by atoms with E-state index in [9.17, 15) is 13.6 Å². The number of nitrogens with zero attached hydrogens (tertiary/aromatic N) is 1. The number of benzene rings is 1. The minimum Gasteiger partial charge on any atom is -0.299 e. The van der Waals surface area contributed by atoms with Crippen LogP contribution in [0.5, 0.6) is 0 Å².